The summed E-state index contributed by atoms with van der Waals surface area (Å²) in [6.45, 7) is 6.95. The van der Waals surface area contributed by atoms with Gasteiger partial charge in [-0.15, -0.1) is 0 Å². The first-order chi connectivity index (χ1) is 8.13. The molecule has 1 aromatic rings. The minimum atomic E-state index is 0.0230. The Morgan fingerprint density at radius 3 is 2.65 bits per heavy atom. The summed E-state index contributed by atoms with van der Waals surface area (Å²) in [5.41, 5.74) is 6.72. The molecule has 2 rings (SSSR count). The van der Waals surface area contributed by atoms with E-state index in [9.17, 15) is 0 Å². The van der Waals surface area contributed by atoms with E-state index in [4.69, 9.17) is 15.2 Å². The van der Waals surface area contributed by atoms with E-state index in [1.807, 2.05) is 6.07 Å². The molecule has 0 fully saturated rings. The predicted molar refractivity (Wildman–Crippen MR) is 67.5 cm³/mol. The van der Waals surface area contributed by atoms with Crippen molar-refractivity contribution in [2.24, 2.45) is 5.73 Å². The first-order valence-corrected chi connectivity index (χ1v) is 5.94. The van der Waals surface area contributed by atoms with Crippen LogP contribution in [-0.4, -0.2) is 26.4 Å². The summed E-state index contributed by atoms with van der Waals surface area (Å²) in [7, 11) is 0. The van der Waals surface area contributed by atoms with Crippen LogP contribution in [0.25, 0.3) is 0 Å². The van der Waals surface area contributed by atoms with Gasteiger partial charge in [-0.25, -0.2) is 0 Å². The summed E-state index contributed by atoms with van der Waals surface area (Å²) in [5.74, 6) is 1.68. The Balaban J connectivity index is 2.20. The summed E-state index contributed by atoms with van der Waals surface area (Å²) in [4.78, 5) is 0. The molecule has 0 saturated heterocycles. The van der Waals surface area contributed by atoms with Crippen LogP contribution in [0.4, 0.5) is 0 Å². The molecule has 3 N–H and O–H groups in total. The van der Waals surface area contributed by atoms with Gasteiger partial charge in [0, 0.05) is 18.6 Å². The summed E-state index contributed by atoms with van der Waals surface area (Å²) < 4.78 is 11.1. The van der Waals surface area contributed by atoms with Crippen LogP contribution in [0, 0.1) is 0 Å². The summed E-state index contributed by atoms with van der Waals surface area (Å²) in [5, 5.41) is 3.17. The fourth-order valence-corrected chi connectivity index (χ4v) is 1.95. The summed E-state index contributed by atoms with van der Waals surface area (Å²) >= 11 is 0. The fraction of sp³-hybridized carbons (Fsp3) is 0.538. The maximum absolute atomic E-state index is 5.59. The average molecular weight is 236 g/mol. The van der Waals surface area contributed by atoms with Crippen LogP contribution in [0.2, 0.25) is 0 Å². The lowest BCUT2D eigenvalue weighted by Crippen LogP contribution is -2.36. The molecule has 4 heteroatoms. The van der Waals surface area contributed by atoms with E-state index >= 15 is 0 Å². The lowest BCUT2D eigenvalue weighted by molar-refractivity contribution is 0.171. The second-order valence-electron chi connectivity index (χ2n) is 4.87. The van der Waals surface area contributed by atoms with E-state index < -0.39 is 0 Å². The number of hydrogen-bond donors (Lipinski definition) is 2. The highest BCUT2D eigenvalue weighted by Crippen LogP contribution is 2.34. The Morgan fingerprint density at radius 2 is 1.94 bits per heavy atom. The van der Waals surface area contributed by atoms with Crippen LogP contribution in [0.5, 0.6) is 11.5 Å². The lowest BCUT2D eigenvalue weighted by Gasteiger charge is -2.27. The Morgan fingerprint density at radius 1 is 1.24 bits per heavy atom. The topological polar surface area (TPSA) is 56.5 Å². The van der Waals surface area contributed by atoms with Crippen molar-refractivity contribution in [3.63, 3.8) is 0 Å². The maximum atomic E-state index is 5.59. The van der Waals surface area contributed by atoms with Crippen LogP contribution < -0.4 is 20.5 Å². The van der Waals surface area contributed by atoms with Crippen LogP contribution >= 0.6 is 0 Å². The Bertz CT molecular complexity index is 391. The van der Waals surface area contributed by atoms with E-state index in [0.29, 0.717) is 19.9 Å². The standard InChI is InChI=1S/C13H20N2O2/c1-13(2,8-15-9-14)10-3-4-11-12(7-10)17-6-5-16-11/h3-4,7,15H,5-6,8-9,14H2,1-2H3. The van der Waals surface area contributed by atoms with Crippen molar-refractivity contribution in [2.75, 3.05) is 26.4 Å². The van der Waals surface area contributed by atoms with E-state index in [-0.39, 0.29) is 5.41 Å². The third-order valence-corrected chi connectivity index (χ3v) is 3.03. The molecule has 17 heavy (non-hydrogen) atoms. The SMILES string of the molecule is CC(C)(CNCN)c1ccc2c(c1)OCCO2. The molecule has 4 nitrogen and oxygen atoms in total. The van der Waals surface area contributed by atoms with E-state index in [1.54, 1.807) is 0 Å². The zero-order chi connectivity index (χ0) is 12.3. The summed E-state index contributed by atoms with van der Waals surface area (Å²) in [6.07, 6.45) is 0. The molecule has 1 aromatic carbocycles. The van der Waals surface area contributed by atoms with Crippen molar-refractivity contribution in [2.45, 2.75) is 19.3 Å². The van der Waals surface area contributed by atoms with Gasteiger partial charge in [0.2, 0.25) is 0 Å². The average Bonchev–Trinajstić information content (AvgIpc) is 2.36. The monoisotopic (exact) mass is 236 g/mol. The highest BCUT2D eigenvalue weighted by atomic mass is 16.6. The molecule has 0 radical (unpaired) electrons. The minimum Gasteiger partial charge on any atom is -0.486 e. The van der Waals surface area contributed by atoms with Gasteiger partial charge < -0.3 is 20.5 Å². The largest absolute Gasteiger partial charge is 0.486 e. The highest BCUT2D eigenvalue weighted by Gasteiger charge is 2.22. The molecule has 0 saturated carbocycles. The molecule has 1 aliphatic heterocycles. The van der Waals surface area contributed by atoms with E-state index in [2.05, 4.69) is 31.3 Å². The van der Waals surface area contributed by atoms with Crippen molar-refractivity contribution < 1.29 is 9.47 Å². The minimum absolute atomic E-state index is 0.0230. The van der Waals surface area contributed by atoms with Gasteiger partial charge in [-0.2, -0.15) is 0 Å². The molecule has 0 aliphatic carbocycles. The summed E-state index contributed by atoms with van der Waals surface area (Å²) in [6, 6.07) is 6.13. The van der Waals surface area contributed by atoms with Crippen molar-refractivity contribution in [1.29, 1.82) is 0 Å². The third-order valence-electron chi connectivity index (χ3n) is 3.03. The molecule has 0 amide bonds. The van der Waals surface area contributed by atoms with Crippen molar-refractivity contribution in [3.05, 3.63) is 23.8 Å². The molecule has 0 bridgehead atoms. The fourth-order valence-electron chi connectivity index (χ4n) is 1.95. The molecule has 0 aromatic heterocycles. The highest BCUT2D eigenvalue weighted by molar-refractivity contribution is 5.45. The Labute approximate surface area is 102 Å². The van der Waals surface area contributed by atoms with Gasteiger partial charge in [0.1, 0.15) is 13.2 Å². The molecule has 1 heterocycles. The van der Waals surface area contributed by atoms with Gasteiger partial charge >= 0.3 is 0 Å². The molecule has 0 atom stereocenters. The van der Waals surface area contributed by atoms with Gasteiger partial charge in [0.15, 0.2) is 11.5 Å². The molecule has 0 spiro atoms. The van der Waals surface area contributed by atoms with Crippen molar-refractivity contribution >= 4 is 0 Å². The van der Waals surface area contributed by atoms with Crippen LogP contribution in [0.1, 0.15) is 19.4 Å². The lowest BCUT2D eigenvalue weighted by atomic mass is 9.84. The molecular weight excluding hydrogens is 216 g/mol. The first-order valence-electron chi connectivity index (χ1n) is 5.94. The number of fused-ring (bicyclic) bond motifs is 1. The second kappa shape index (κ2) is 4.94. The Kier molecular flexibility index (Phi) is 3.54. The van der Waals surface area contributed by atoms with Gasteiger partial charge in [0.05, 0.1) is 0 Å². The second-order valence-corrected chi connectivity index (χ2v) is 4.87. The van der Waals surface area contributed by atoms with E-state index in [0.717, 1.165) is 18.0 Å². The number of ether oxygens (including phenoxy) is 2. The number of rotatable bonds is 4. The Hall–Kier alpha value is -1.26. The van der Waals surface area contributed by atoms with E-state index in [1.165, 1.54) is 5.56 Å². The van der Waals surface area contributed by atoms with Crippen LogP contribution in [-0.2, 0) is 5.41 Å². The van der Waals surface area contributed by atoms with Crippen LogP contribution in [0.3, 0.4) is 0 Å². The van der Waals surface area contributed by atoms with Gasteiger partial charge in [0.25, 0.3) is 0 Å². The van der Waals surface area contributed by atoms with Crippen molar-refractivity contribution in [1.82, 2.24) is 5.32 Å². The third kappa shape index (κ3) is 2.70. The van der Waals surface area contributed by atoms with Crippen molar-refractivity contribution in [3.8, 4) is 11.5 Å². The number of benzene rings is 1. The van der Waals surface area contributed by atoms with Gasteiger partial charge in [-0.05, 0) is 17.7 Å². The van der Waals surface area contributed by atoms with Gasteiger partial charge in [-0.1, -0.05) is 19.9 Å². The predicted octanol–water partition coefficient (Wildman–Crippen LogP) is 1.24. The molecule has 1 aliphatic rings. The molecular formula is C13H20N2O2. The van der Waals surface area contributed by atoms with Crippen LogP contribution in [0.15, 0.2) is 18.2 Å². The normalized spacial score (nSPS) is 14.8. The molecule has 0 unspecified atom stereocenters. The first kappa shape index (κ1) is 12.2. The molecule has 94 valence electrons. The quantitative estimate of drug-likeness (QED) is 0.772. The maximum Gasteiger partial charge on any atom is 0.161 e. The number of nitrogens with one attached hydrogen (secondary N) is 1. The zero-order valence-electron chi connectivity index (χ0n) is 10.5. The number of hydrogen-bond acceptors (Lipinski definition) is 4. The smallest absolute Gasteiger partial charge is 0.161 e. The zero-order valence-corrected chi connectivity index (χ0v) is 10.5. The van der Waals surface area contributed by atoms with Gasteiger partial charge in [-0.3, -0.25) is 0 Å². The number of nitrogens with two attached hydrogens (primary N) is 1.